The molecule has 0 amide bonds. The van der Waals surface area contributed by atoms with E-state index in [1.54, 1.807) is 0 Å². The Labute approximate surface area is 59.3 Å². The zero-order valence-corrected chi connectivity index (χ0v) is 4.50. The van der Waals surface area contributed by atoms with E-state index in [0.29, 0.717) is 0 Å². The van der Waals surface area contributed by atoms with Crippen molar-refractivity contribution in [2.24, 2.45) is 0 Å². The zero-order chi connectivity index (χ0) is 3.41. The van der Waals surface area contributed by atoms with E-state index >= 15 is 0 Å². The van der Waals surface area contributed by atoms with Crippen molar-refractivity contribution >= 4 is 25.1 Å². The number of rotatable bonds is 1. The summed E-state index contributed by atoms with van der Waals surface area (Å²) in [7, 11) is 0. The van der Waals surface area contributed by atoms with Gasteiger partial charge in [0.15, 0.2) is 0 Å². The molecule has 1 nitrogen and oxygen atoms in total. The largest absolute Gasteiger partial charge is 0.419 e. The summed E-state index contributed by atoms with van der Waals surface area (Å²) in [5.41, 5.74) is 0. The van der Waals surface area contributed by atoms with E-state index in [4.69, 9.17) is 4.79 Å². The van der Waals surface area contributed by atoms with Crippen LogP contribution in [0.15, 0.2) is 12.7 Å². The summed E-state index contributed by atoms with van der Waals surface area (Å²) in [5.74, 6) is 0. The first-order valence-electron chi connectivity index (χ1n) is 0.901. The molecule has 1 radical (unpaired) electrons. The molecule has 0 atom stereocenters. The standard InChI is InChI=1S/C3H3O.Li.Ni/c1-2-3-4;;/h2H,1H2;;/q-1;;. The maximum Gasteiger partial charge on any atom is 0 e. The third-order valence-corrected chi connectivity index (χ3v) is 0.0833. The van der Waals surface area contributed by atoms with Gasteiger partial charge in [0.1, 0.15) is 0 Å². The molecule has 0 saturated carbocycles. The van der Waals surface area contributed by atoms with Crippen LogP contribution < -0.4 is 0 Å². The summed E-state index contributed by atoms with van der Waals surface area (Å²) in [6.45, 7) is 3.06. The Balaban J connectivity index is -0.0000000450. The van der Waals surface area contributed by atoms with Crippen molar-refractivity contribution in [2.45, 2.75) is 0 Å². The van der Waals surface area contributed by atoms with Gasteiger partial charge in [-0.2, -0.15) is 0 Å². The Hall–Kier alpha value is 0.501. The Bertz CT molecular complexity index is 31.8. The molecule has 0 N–H and O–H groups in total. The summed E-state index contributed by atoms with van der Waals surface area (Å²) in [6, 6.07) is 0. The van der Waals surface area contributed by atoms with Crippen LogP contribution in [-0.2, 0) is 21.3 Å². The number of allylic oxidation sites excluding steroid dienone is 1. The molecule has 0 aromatic carbocycles. The normalized spacial score (nSPS) is 3.33. The molecule has 0 unspecified atom stereocenters. The number of carbonyl (C=O) groups excluding carboxylic acids is 1. The molecule has 0 rings (SSSR count). The Morgan fingerprint density at radius 3 is 1.83 bits per heavy atom. The van der Waals surface area contributed by atoms with Crippen LogP contribution in [0.2, 0.25) is 0 Å². The minimum absolute atomic E-state index is 0. The fourth-order valence-electron chi connectivity index (χ4n) is 0. The molecular weight excluding hydrogens is 118 g/mol. The van der Waals surface area contributed by atoms with Gasteiger partial charge < -0.3 is 4.79 Å². The molecule has 33 valence electrons. The van der Waals surface area contributed by atoms with Gasteiger partial charge in [-0.3, -0.25) is 0 Å². The van der Waals surface area contributed by atoms with Crippen LogP contribution in [0.3, 0.4) is 0 Å². The molecular formula is C3H3LiNiO-. The predicted octanol–water partition coefficient (Wildman–Crippen LogP) is -0.101. The van der Waals surface area contributed by atoms with Gasteiger partial charge in [-0.15, -0.1) is 0 Å². The van der Waals surface area contributed by atoms with Gasteiger partial charge in [-0.1, -0.05) is 0 Å². The van der Waals surface area contributed by atoms with Gasteiger partial charge in [-0.05, 0) is 6.29 Å². The molecule has 0 bridgehead atoms. The van der Waals surface area contributed by atoms with Crippen LogP contribution in [0.1, 0.15) is 0 Å². The van der Waals surface area contributed by atoms with Crippen LogP contribution in [-0.4, -0.2) is 25.1 Å². The SMILES string of the molecule is C=C[C-]=O.[Li].[Ni]. The van der Waals surface area contributed by atoms with E-state index in [2.05, 4.69) is 6.58 Å². The molecule has 0 aliphatic heterocycles. The topological polar surface area (TPSA) is 17.1 Å². The first-order chi connectivity index (χ1) is 1.91. The van der Waals surface area contributed by atoms with Crippen molar-refractivity contribution in [1.82, 2.24) is 0 Å². The number of hydrogen-bond donors (Lipinski definition) is 0. The molecule has 0 aliphatic carbocycles. The fraction of sp³-hybridized carbons (Fsp3) is 0. The van der Waals surface area contributed by atoms with Crippen molar-refractivity contribution in [2.75, 3.05) is 0 Å². The van der Waals surface area contributed by atoms with Crippen LogP contribution >= 0.6 is 0 Å². The minimum Gasteiger partial charge on any atom is -0.419 e. The van der Waals surface area contributed by atoms with Crippen LogP contribution in [0, 0.1) is 0 Å². The second-order valence-corrected chi connectivity index (χ2v) is 0.322. The number of hydrogen-bond acceptors (Lipinski definition) is 1. The Morgan fingerprint density at radius 1 is 1.67 bits per heavy atom. The van der Waals surface area contributed by atoms with E-state index in [1.165, 1.54) is 6.29 Å². The quantitative estimate of drug-likeness (QED) is 0.268. The molecule has 0 fully saturated rings. The smallest absolute Gasteiger partial charge is 0 e. The van der Waals surface area contributed by atoms with E-state index in [0.717, 1.165) is 6.08 Å². The van der Waals surface area contributed by atoms with E-state index in [1.807, 2.05) is 0 Å². The molecule has 6 heavy (non-hydrogen) atoms. The Kier molecular flexibility index (Phi) is 47.7. The van der Waals surface area contributed by atoms with Crippen molar-refractivity contribution in [3.63, 3.8) is 0 Å². The molecule has 0 saturated heterocycles. The fourth-order valence-corrected chi connectivity index (χ4v) is 0. The van der Waals surface area contributed by atoms with Crippen LogP contribution in [0.4, 0.5) is 0 Å². The average molecular weight is 121 g/mol. The van der Waals surface area contributed by atoms with Gasteiger partial charge in [-0.25, -0.2) is 12.7 Å². The average Bonchev–Trinajstić information content (AvgIpc) is 1.37. The first-order valence-corrected chi connectivity index (χ1v) is 0.901. The summed E-state index contributed by atoms with van der Waals surface area (Å²) >= 11 is 0. The third-order valence-electron chi connectivity index (χ3n) is 0.0833. The third kappa shape index (κ3) is 24.5. The predicted molar refractivity (Wildman–Crippen MR) is 21.6 cm³/mol. The molecule has 0 heterocycles. The maximum atomic E-state index is 8.93. The van der Waals surface area contributed by atoms with Crippen molar-refractivity contribution in [3.8, 4) is 0 Å². The van der Waals surface area contributed by atoms with E-state index in [-0.39, 0.29) is 35.4 Å². The molecule has 0 aliphatic rings. The molecule has 0 aromatic rings. The van der Waals surface area contributed by atoms with Crippen molar-refractivity contribution < 1.29 is 21.3 Å². The van der Waals surface area contributed by atoms with Gasteiger partial charge in [0.25, 0.3) is 0 Å². The summed E-state index contributed by atoms with van der Waals surface area (Å²) in [5, 5.41) is 0. The van der Waals surface area contributed by atoms with Gasteiger partial charge in [0.05, 0.1) is 0 Å². The van der Waals surface area contributed by atoms with Crippen molar-refractivity contribution in [1.29, 1.82) is 0 Å². The summed E-state index contributed by atoms with van der Waals surface area (Å²) in [4.78, 5) is 8.93. The maximum absolute atomic E-state index is 8.93. The van der Waals surface area contributed by atoms with Gasteiger partial charge in [0, 0.05) is 35.4 Å². The van der Waals surface area contributed by atoms with Gasteiger partial charge >= 0.3 is 0 Å². The van der Waals surface area contributed by atoms with Crippen molar-refractivity contribution in [3.05, 3.63) is 12.7 Å². The summed E-state index contributed by atoms with van der Waals surface area (Å²) in [6.07, 6.45) is 2.51. The summed E-state index contributed by atoms with van der Waals surface area (Å²) < 4.78 is 0. The Morgan fingerprint density at radius 2 is 1.83 bits per heavy atom. The second kappa shape index (κ2) is 17.8. The van der Waals surface area contributed by atoms with E-state index in [9.17, 15) is 0 Å². The molecule has 0 aromatic heterocycles. The zero-order valence-electron chi connectivity index (χ0n) is 3.51. The van der Waals surface area contributed by atoms with Crippen LogP contribution in [0.25, 0.3) is 0 Å². The van der Waals surface area contributed by atoms with Gasteiger partial charge in [0.2, 0.25) is 0 Å². The van der Waals surface area contributed by atoms with E-state index < -0.39 is 0 Å². The van der Waals surface area contributed by atoms with Crippen LogP contribution in [0.5, 0.6) is 0 Å². The molecule has 3 heteroatoms. The first kappa shape index (κ1) is 16.1. The second-order valence-electron chi connectivity index (χ2n) is 0.322. The minimum atomic E-state index is 0. The monoisotopic (exact) mass is 120 g/mol. The molecule has 0 spiro atoms.